The van der Waals surface area contributed by atoms with E-state index in [4.69, 9.17) is 10.5 Å². The van der Waals surface area contributed by atoms with Gasteiger partial charge in [-0.25, -0.2) is 4.79 Å². The summed E-state index contributed by atoms with van der Waals surface area (Å²) in [5, 5.41) is 0. The number of amides is 3. The number of esters is 1. The fourth-order valence-electron chi connectivity index (χ4n) is 2.44. The van der Waals surface area contributed by atoms with Crippen LogP contribution in [0.25, 0.3) is 0 Å². The molecule has 0 unspecified atom stereocenters. The van der Waals surface area contributed by atoms with Crippen LogP contribution in [0.2, 0.25) is 0 Å². The van der Waals surface area contributed by atoms with Gasteiger partial charge in [0.2, 0.25) is 0 Å². The highest BCUT2D eigenvalue weighted by molar-refractivity contribution is 6.22. The lowest BCUT2D eigenvalue weighted by Crippen LogP contribution is -2.50. The van der Waals surface area contributed by atoms with E-state index >= 15 is 0 Å². The molecule has 2 rings (SSSR count). The van der Waals surface area contributed by atoms with Crippen molar-refractivity contribution in [3.8, 4) is 0 Å². The third-order valence-electron chi connectivity index (χ3n) is 3.67. The predicted molar refractivity (Wildman–Crippen MR) is 80.3 cm³/mol. The Hall–Kier alpha value is -2.70. The number of rotatable bonds is 5. The summed E-state index contributed by atoms with van der Waals surface area (Å²) in [6.07, 6.45) is -1.14. The van der Waals surface area contributed by atoms with E-state index in [1.165, 1.54) is 19.1 Å². The molecule has 1 aliphatic heterocycles. The second kappa shape index (κ2) is 6.20. The minimum Gasteiger partial charge on any atom is -0.451 e. The molecule has 1 aromatic carbocycles. The molecule has 7 nitrogen and oxygen atoms in total. The minimum absolute atomic E-state index is 0.249. The van der Waals surface area contributed by atoms with E-state index in [-0.39, 0.29) is 17.0 Å². The predicted octanol–water partition coefficient (Wildman–Crippen LogP) is 0.724. The average molecular weight is 318 g/mol. The Balaban J connectivity index is 2.33. The summed E-state index contributed by atoms with van der Waals surface area (Å²) >= 11 is 0. The van der Waals surface area contributed by atoms with Crippen LogP contribution < -0.4 is 5.73 Å². The molecule has 0 saturated heterocycles. The van der Waals surface area contributed by atoms with Gasteiger partial charge < -0.3 is 10.5 Å². The maximum Gasteiger partial charge on any atom is 0.330 e. The molecule has 1 aromatic rings. The van der Waals surface area contributed by atoms with Gasteiger partial charge in [-0.05, 0) is 25.0 Å². The van der Waals surface area contributed by atoms with Crippen LogP contribution in [0.3, 0.4) is 0 Å². The average Bonchev–Trinajstić information content (AvgIpc) is 2.73. The van der Waals surface area contributed by atoms with Gasteiger partial charge in [0.1, 0.15) is 6.04 Å². The van der Waals surface area contributed by atoms with E-state index in [0.29, 0.717) is 0 Å². The van der Waals surface area contributed by atoms with Crippen molar-refractivity contribution in [3.05, 3.63) is 35.4 Å². The van der Waals surface area contributed by atoms with Gasteiger partial charge in [0.25, 0.3) is 17.7 Å². The summed E-state index contributed by atoms with van der Waals surface area (Å²) in [5.41, 5.74) is 5.57. The summed E-state index contributed by atoms with van der Waals surface area (Å²) < 4.78 is 4.98. The van der Waals surface area contributed by atoms with Crippen LogP contribution in [0.4, 0.5) is 0 Å². The van der Waals surface area contributed by atoms with Gasteiger partial charge >= 0.3 is 5.97 Å². The van der Waals surface area contributed by atoms with Gasteiger partial charge in [-0.3, -0.25) is 19.3 Å². The number of carbonyl (C=O) groups is 4. The molecular weight excluding hydrogens is 300 g/mol. The number of hydrogen-bond acceptors (Lipinski definition) is 5. The van der Waals surface area contributed by atoms with E-state index < -0.39 is 35.8 Å². The Kier molecular flexibility index (Phi) is 4.49. The van der Waals surface area contributed by atoms with Crippen molar-refractivity contribution in [1.29, 1.82) is 0 Å². The molecule has 0 fully saturated rings. The first kappa shape index (κ1) is 16.7. The third-order valence-corrected chi connectivity index (χ3v) is 3.67. The Morgan fingerprint density at radius 2 is 1.52 bits per heavy atom. The zero-order valence-electron chi connectivity index (χ0n) is 13.1. The lowest BCUT2D eigenvalue weighted by molar-refractivity contribution is -0.158. The second-order valence-electron chi connectivity index (χ2n) is 5.70. The number of ether oxygens (including phenoxy) is 1. The maximum absolute atomic E-state index is 12.5. The van der Waals surface area contributed by atoms with Crippen LogP contribution in [-0.4, -0.2) is 40.7 Å². The van der Waals surface area contributed by atoms with Gasteiger partial charge in [0.15, 0.2) is 6.10 Å². The van der Waals surface area contributed by atoms with Crippen LogP contribution in [0.1, 0.15) is 41.5 Å². The fourth-order valence-corrected chi connectivity index (χ4v) is 2.44. The molecular formula is C16H18N2O5. The molecule has 0 radical (unpaired) electrons. The summed E-state index contributed by atoms with van der Waals surface area (Å²) in [4.78, 5) is 49.3. The van der Waals surface area contributed by atoms with Gasteiger partial charge in [0.05, 0.1) is 11.1 Å². The maximum atomic E-state index is 12.5. The Morgan fingerprint density at radius 3 is 1.91 bits per heavy atom. The van der Waals surface area contributed by atoms with Crippen molar-refractivity contribution in [1.82, 2.24) is 4.90 Å². The molecule has 0 aromatic heterocycles. The van der Waals surface area contributed by atoms with Crippen LogP contribution in [-0.2, 0) is 14.3 Å². The van der Waals surface area contributed by atoms with Crippen LogP contribution >= 0.6 is 0 Å². The molecule has 2 atom stereocenters. The molecule has 0 aliphatic carbocycles. The summed E-state index contributed by atoms with van der Waals surface area (Å²) in [6, 6.07) is 5.23. The Morgan fingerprint density at radius 1 is 1.04 bits per heavy atom. The number of carbonyl (C=O) groups excluding carboxylic acids is 4. The first-order valence-corrected chi connectivity index (χ1v) is 7.22. The minimum atomic E-state index is -1.14. The Bertz CT molecular complexity index is 648. The van der Waals surface area contributed by atoms with E-state index in [1.54, 1.807) is 26.0 Å². The molecule has 2 N–H and O–H groups in total. The standard InChI is InChI=1S/C16H18N2O5/c1-8(2)12(16(22)23-9(3)13(17)19)18-14(20)10-6-4-5-7-11(10)15(18)21/h4-9,12H,1-3H3,(H2,17,19)/t9-,12+/m0/s1. The van der Waals surface area contributed by atoms with Crippen LogP contribution in [0.5, 0.6) is 0 Å². The van der Waals surface area contributed by atoms with Crippen molar-refractivity contribution < 1.29 is 23.9 Å². The Labute approximate surface area is 133 Å². The first-order chi connectivity index (χ1) is 10.8. The number of primary amides is 1. The zero-order chi connectivity index (χ0) is 17.3. The van der Waals surface area contributed by atoms with E-state index in [9.17, 15) is 19.2 Å². The molecule has 0 spiro atoms. The van der Waals surface area contributed by atoms with E-state index in [1.807, 2.05) is 0 Å². The van der Waals surface area contributed by atoms with Gasteiger partial charge in [-0.15, -0.1) is 0 Å². The monoisotopic (exact) mass is 318 g/mol. The summed E-state index contributed by atoms with van der Waals surface area (Å²) in [5.74, 6) is -3.12. The SMILES string of the molecule is CC(C)[C@H](C(=O)O[C@@H](C)C(N)=O)N1C(=O)c2ccccc2C1=O. The van der Waals surface area contributed by atoms with Crippen molar-refractivity contribution in [2.24, 2.45) is 11.7 Å². The second-order valence-corrected chi connectivity index (χ2v) is 5.70. The molecule has 7 heteroatoms. The number of imide groups is 1. The smallest absolute Gasteiger partial charge is 0.330 e. The van der Waals surface area contributed by atoms with Crippen molar-refractivity contribution >= 4 is 23.7 Å². The van der Waals surface area contributed by atoms with Crippen molar-refractivity contribution in [2.75, 3.05) is 0 Å². The van der Waals surface area contributed by atoms with Crippen LogP contribution in [0.15, 0.2) is 24.3 Å². The number of hydrogen-bond donors (Lipinski definition) is 1. The highest BCUT2D eigenvalue weighted by atomic mass is 16.5. The number of nitrogens with zero attached hydrogens (tertiary/aromatic N) is 1. The normalized spacial score (nSPS) is 16.3. The lowest BCUT2D eigenvalue weighted by Gasteiger charge is -2.28. The quantitative estimate of drug-likeness (QED) is 0.636. The molecule has 0 bridgehead atoms. The molecule has 122 valence electrons. The van der Waals surface area contributed by atoms with E-state index in [0.717, 1.165) is 4.90 Å². The number of nitrogens with two attached hydrogens (primary N) is 1. The topological polar surface area (TPSA) is 107 Å². The summed E-state index contributed by atoms with van der Waals surface area (Å²) in [6.45, 7) is 4.70. The van der Waals surface area contributed by atoms with Gasteiger partial charge in [0, 0.05) is 0 Å². The van der Waals surface area contributed by atoms with E-state index in [2.05, 4.69) is 0 Å². The largest absolute Gasteiger partial charge is 0.451 e. The van der Waals surface area contributed by atoms with Gasteiger partial charge in [-0.2, -0.15) is 0 Å². The van der Waals surface area contributed by atoms with Crippen molar-refractivity contribution in [3.63, 3.8) is 0 Å². The molecule has 23 heavy (non-hydrogen) atoms. The third kappa shape index (κ3) is 2.94. The van der Waals surface area contributed by atoms with Gasteiger partial charge in [-0.1, -0.05) is 26.0 Å². The zero-order valence-corrected chi connectivity index (χ0v) is 13.1. The molecule has 1 aliphatic rings. The first-order valence-electron chi connectivity index (χ1n) is 7.22. The fraction of sp³-hybridized carbons (Fsp3) is 0.375. The highest BCUT2D eigenvalue weighted by Gasteiger charge is 2.45. The molecule has 0 saturated carbocycles. The van der Waals surface area contributed by atoms with Crippen LogP contribution in [0, 0.1) is 5.92 Å². The highest BCUT2D eigenvalue weighted by Crippen LogP contribution is 2.27. The lowest BCUT2D eigenvalue weighted by atomic mass is 10.0. The number of fused-ring (bicyclic) bond motifs is 1. The van der Waals surface area contributed by atoms with Crippen molar-refractivity contribution in [2.45, 2.75) is 32.9 Å². The number of benzene rings is 1. The summed E-state index contributed by atoms with van der Waals surface area (Å²) in [7, 11) is 0. The molecule has 1 heterocycles. The molecule has 3 amide bonds.